The molecule has 3 nitrogen and oxygen atoms in total. The average Bonchev–Trinajstić information content (AvgIpc) is 2.29. The van der Waals surface area contributed by atoms with E-state index in [2.05, 4.69) is 4.74 Å². The molecule has 0 radical (unpaired) electrons. The molecule has 94 valence electrons. The van der Waals surface area contributed by atoms with Gasteiger partial charge in [-0.05, 0) is 18.1 Å². The van der Waals surface area contributed by atoms with Crippen LogP contribution < -0.4 is 4.74 Å². The van der Waals surface area contributed by atoms with Gasteiger partial charge in [-0.15, -0.1) is 0 Å². The van der Waals surface area contributed by atoms with Gasteiger partial charge >= 0.3 is 0 Å². The molecule has 0 bridgehead atoms. The molecule has 0 unspecified atom stereocenters. The molecule has 0 aromatic heterocycles. The summed E-state index contributed by atoms with van der Waals surface area (Å²) in [6.45, 7) is 1.77. The first-order valence-electron chi connectivity index (χ1n) is 5.19. The number of likely N-dealkylation sites (N-methyl/N-ethyl adjacent to an activating group) is 1. The van der Waals surface area contributed by atoms with Gasteiger partial charge in [0.15, 0.2) is 11.6 Å². The third kappa shape index (κ3) is 3.41. The van der Waals surface area contributed by atoms with E-state index in [4.69, 9.17) is 0 Å². The van der Waals surface area contributed by atoms with Crippen LogP contribution in [0.25, 0.3) is 0 Å². The summed E-state index contributed by atoms with van der Waals surface area (Å²) in [7, 11) is 2.89. The molecule has 0 spiro atoms. The summed E-state index contributed by atoms with van der Waals surface area (Å²) >= 11 is 0. The van der Waals surface area contributed by atoms with Crippen molar-refractivity contribution in [3.8, 4) is 5.75 Å². The number of nitrogens with zero attached hydrogens (tertiary/aromatic N) is 1. The van der Waals surface area contributed by atoms with Crippen molar-refractivity contribution in [1.29, 1.82) is 0 Å². The van der Waals surface area contributed by atoms with Crippen LogP contribution in [0.1, 0.15) is 12.5 Å². The van der Waals surface area contributed by atoms with Crippen LogP contribution in [-0.2, 0) is 11.2 Å². The number of methoxy groups -OCH3 is 1. The fraction of sp³-hybridized carbons (Fsp3) is 0.417. The topological polar surface area (TPSA) is 29.5 Å². The first kappa shape index (κ1) is 13.4. The van der Waals surface area contributed by atoms with E-state index in [1.807, 2.05) is 0 Å². The van der Waals surface area contributed by atoms with Gasteiger partial charge in [-0.2, -0.15) is 0 Å². The van der Waals surface area contributed by atoms with E-state index in [1.54, 1.807) is 7.05 Å². The quantitative estimate of drug-likeness (QED) is 0.809. The first-order chi connectivity index (χ1) is 7.95. The molecular formula is C12H15F2NO2. The zero-order valence-corrected chi connectivity index (χ0v) is 10.1. The Bertz CT molecular complexity index is 421. The number of hydrogen-bond donors (Lipinski definition) is 0. The molecule has 0 N–H and O–H groups in total. The largest absolute Gasteiger partial charge is 0.494 e. The standard InChI is InChI=1S/C12H15F2NO2/c1-8(16)15(2)5-4-9-6-11(14)12(17-3)7-10(9)13/h6-7H,4-5H2,1-3H3. The minimum atomic E-state index is -0.602. The third-order valence-corrected chi connectivity index (χ3v) is 2.57. The lowest BCUT2D eigenvalue weighted by Crippen LogP contribution is -2.26. The first-order valence-corrected chi connectivity index (χ1v) is 5.19. The molecule has 0 atom stereocenters. The molecular weight excluding hydrogens is 228 g/mol. The van der Waals surface area contributed by atoms with Gasteiger partial charge in [0.1, 0.15) is 5.82 Å². The van der Waals surface area contributed by atoms with Crippen molar-refractivity contribution in [2.75, 3.05) is 20.7 Å². The summed E-state index contributed by atoms with van der Waals surface area (Å²) in [5.74, 6) is -1.36. The van der Waals surface area contributed by atoms with Crippen LogP contribution in [-0.4, -0.2) is 31.5 Å². The zero-order valence-electron chi connectivity index (χ0n) is 10.1. The Morgan fingerprint density at radius 2 is 2.00 bits per heavy atom. The normalized spacial score (nSPS) is 10.2. The van der Waals surface area contributed by atoms with Crippen LogP contribution in [0, 0.1) is 11.6 Å². The smallest absolute Gasteiger partial charge is 0.219 e. The van der Waals surface area contributed by atoms with Gasteiger partial charge in [0.25, 0.3) is 0 Å². The lowest BCUT2D eigenvalue weighted by molar-refractivity contribution is -0.127. The highest BCUT2D eigenvalue weighted by atomic mass is 19.1. The van der Waals surface area contributed by atoms with Crippen LogP contribution in [0.4, 0.5) is 8.78 Å². The number of amides is 1. The van der Waals surface area contributed by atoms with Gasteiger partial charge in [0.05, 0.1) is 7.11 Å². The summed E-state index contributed by atoms with van der Waals surface area (Å²) in [6.07, 6.45) is 0.267. The highest BCUT2D eigenvalue weighted by molar-refractivity contribution is 5.72. The Morgan fingerprint density at radius 1 is 1.35 bits per heavy atom. The Kier molecular flexibility index (Phi) is 4.43. The summed E-state index contributed by atoms with van der Waals surface area (Å²) < 4.78 is 31.5. The second kappa shape index (κ2) is 5.61. The van der Waals surface area contributed by atoms with Crippen molar-refractivity contribution >= 4 is 5.91 Å². The number of ether oxygens (including phenoxy) is 1. The van der Waals surface area contributed by atoms with E-state index in [-0.39, 0.29) is 23.6 Å². The molecule has 0 aliphatic carbocycles. The molecule has 17 heavy (non-hydrogen) atoms. The van der Waals surface area contributed by atoms with Gasteiger partial charge in [-0.1, -0.05) is 0 Å². The van der Waals surface area contributed by atoms with Crippen molar-refractivity contribution < 1.29 is 18.3 Å². The fourth-order valence-corrected chi connectivity index (χ4v) is 1.36. The molecule has 0 saturated carbocycles. The van der Waals surface area contributed by atoms with Crippen LogP contribution in [0.5, 0.6) is 5.75 Å². The van der Waals surface area contributed by atoms with Crippen molar-refractivity contribution in [2.24, 2.45) is 0 Å². The molecule has 0 fully saturated rings. The van der Waals surface area contributed by atoms with E-state index in [0.717, 1.165) is 12.1 Å². The fourth-order valence-electron chi connectivity index (χ4n) is 1.36. The van der Waals surface area contributed by atoms with Crippen molar-refractivity contribution in [2.45, 2.75) is 13.3 Å². The highest BCUT2D eigenvalue weighted by Gasteiger charge is 2.11. The van der Waals surface area contributed by atoms with Crippen LogP contribution in [0.3, 0.4) is 0 Å². The number of benzene rings is 1. The number of rotatable bonds is 4. The third-order valence-electron chi connectivity index (χ3n) is 2.57. The molecule has 1 aromatic carbocycles. The van der Waals surface area contributed by atoms with E-state index in [0.29, 0.717) is 6.54 Å². The molecule has 0 saturated heterocycles. The molecule has 1 amide bonds. The predicted octanol–water partition coefficient (Wildman–Crippen LogP) is 1.99. The minimum Gasteiger partial charge on any atom is -0.494 e. The summed E-state index contributed by atoms with van der Waals surface area (Å²) in [4.78, 5) is 12.4. The maximum absolute atomic E-state index is 13.5. The monoisotopic (exact) mass is 243 g/mol. The Morgan fingerprint density at radius 3 is 2.53 bits per heavy atom. The molecule has 1 aromatic rings. The number of hydrogen-bond acceptors (Lipinski definition) is 2. The summed E-state index contributed by atoms with van der Waals surface area (Å²) in [6, 6.07) is 2.11. The average molecular weight is 243 g/mol. The SMILES string of the molecule is COc1cc(F)c(CCN(C)C(C)=O)cc1F. The van der Waals surface area contributed by atoms with Crippen LogP contribution in [0.2, 0.25) is 0 Å². The van der Waals surface area contributed by atoms with Gasteiger partial charge in [-0.25, -0.2) is 8.78 Å². The van der Waals surface area contributed by atoms with E-state index in [1.165, 1.54) is 18.9 Å². The molecule has 0 heterocycles. The predicted molar refractivity (Wildman–Crippen MR) is 59.9 cm³/mol. The number of carbonyl (C=O) groups excluding carboxylic acids is 1. The van der Waals surface area contributed by atoms with E-state index >= 15 is 0 Å². The van der Waals surface area contributed by atoms with Crippen molar-refractivity contribution in [3.63, 3.8) is 0 Å². The van der Waals surface area contributed by atoms with Gasteiger partial charge in [-0.3, -0.25) is 4.79 Å². The highest BCUT2D eigenvalue weighted by Crippen LogP contribution is 2.21. The zero-order chi connectivity index (χ0) is 13.0. The van der Waals surface area contributed by atoms with Crippen LogP contribution >= 0.6 is 0 Å². The maximum Gasteiger partial charge on any atom is 0.219 e. The molecule has 1 rings (SSSR count). The second-order valence-corrected chi connectivity index (χ2v) is 3.77. The Hall–Kier alpha value is -1.65. The summed E-state index contributed by atoms with van der Waals surface area (Å²) in [5.41, 5.74) is 0.233. The molecule has 0 aliphatic heterocycles. The summed E-state index contributed by atoms with van der Waals surface area (Å²) in [5, 5.41) is 0. The van der Waals surface area contributed by atoms with Crippen LogP contribution in [0.15, 0.2) is 12.1 Å². The van der Waals surface area contributed by atoms with E-state index < -0.39 is 11.6 Å². The Labute approximate surface area is 99.0 Å². The molecule has 0 aliphatic rings. The van der Waals surface area contributed by atoms with Crippen molar-refractivity contribution in [3.05, 3.63) is 29.3 Å². The minimum absolute atomic E-state index is 0.112. The second-order valence-electron chi connectivity index (χ2n) is 3.77. The molecule has 5 heteroatoms. The number of halogens is 2. The maximum atomic E-state index is 13.5. The van der Waals surface area contributed by atoms with Gasteiger partial charge in [0.2, 0.25) is 5.91 Å². The Balaban J connectivity index is 2.78. The lowest BCUT2D eigenvalue weighted by atomic mass is 10.1. The lowest BCUT2D eigenvalue weighted by Gasteiger charge is -2.15. The van der Waals surface area contributed by atoms with E-state index in [9.17, 15) is 13.6 Å². The van der Waals surface area contributed by atoms with Gasteiger partial charge < -0.3 is 9.64 Å². The van der Waals surface area contributed by atoms with Crippen molar-refractivity contribution in [1.82, 2.24) is 4.90 Å². The number of carbonyl (C=O) groups is 1. The van der Waals surface area contributed by atoms with Gasteiger partial charge in [0, 0.05) is 26.6 Å².